The highest BCUT2D eigenvalue weighted by atomic mass is 32.2. The van der Waals surface area contributed by atoms with Crippen LogP contribution in [-0.2, 0) is 21.1 Å². The van der Waals surface area contributed by atoms with Crippen molar-refractivity contribution in [1.29, 1.82) is 0 Å². The van der Waals surface area contributed by atoms with Crippen molar-refractivity contribution in [3.05, 3.63) is 65.2 Å². The van der Waals surface area contributed by atoms with E-state index >= 15 is 0 Å². The molecule has 8 heteroatoms. The van der Waals surface area contributed by atoms with Crippen LogP contribution in [0.3, 0.4) is 0 Å². The van der Waals surface area contributed by atoms with E-state index in [-0.39, 0.29) is 35.6 Å². The Morgan fingerprint density at radius 1 is 1.00 bits per heavy atom. The fourth-order valence-electron chi connectivity index (χ4n) is 2.38. The van der Waals surface area contributed by atoms with Gasteiger partial charge < -0.3 is 15.4 Å². The summed E-state index contributed by atoms with van der Waals surface area (Å²) in [4.78, 5) is 24.1. The highest BCUT2D eigenvalue weighted by Crippen LogP contribution is 2.13. The van der Waals surface area contributed by atoms with Crippen molar-refractivity contribution in [3.8, 4) is 0 Å². The molecule has 0 aliphatic heterocycles. The maximum Gasteiger partial charge on any atom is 0.251 e. The SMILES string of the molecule is CNC(=O)c1cccc(CNC(=O)c2ccc(S(=O)(=O)CCOC)cc2)c1. The predicted molar refractivity (Wildman–Crippen MR) is 101 cm³/mol. The lowest BCUT2D eigenvalue weighted by Crippen LogP contribution is -2.23. The van der Waals surface area contributed by atoms with Gasteiger partial charge in [0.25, 0.3) is 11.8 Å². The second kappa shape index (κ2) is 9.29. The summed E-state index contributed by atoms with van der Waals surface area (Å²) in [6.45, 7) is 0.358. The summed E-state index contributed by atoms with van der Waals surface area (Å²) in [5.41, 5.74) is 1.64. The number of ether oxygens (including phenoxy) is 1. The molecule has 0 heterocycles. The van der Waals surface area contributed by atoms with Crippen molar-refractivity contribution >= 4 is 21.7 Å². The highest BCUT2D eigenvalue weighted by molar-refractivity contribution is 7.91. The molecule has 2 rings (SSSR count). The minimum absolute atomic E-state index is 0.111. The maximum atomic E-state index is 12.3. The summed E-state index contributed by atoms with van der Waals surface area (Å²) < 4.78 is 29.0. The van der Waals surface area contributed by atoms with E-state index in [1.807, 2.05) is 0 Å². The van der Waals surface area contributed by atoms with Gasteiger partial charge in [-0.15, -0.1) is 0 Å². The first-order valence-electron chi connectivity index (χ1n) is 8.28. The summed E-state index contributed by atoms with van der Waals surface area (Å²) in [7, 11) is -0.441. The Bertz CT molecular complexity index is 908. The zero-order valence-corrected chi connectivity index (χ0v) is 16.0. The summed E-state index contributed by atoms with van der Waals surface area (Å²) >= 11 is 0. The molecule has 0 unspecified atom stereocenters. The molecule has 0 saturated heterocycles. The zero-order chi connectivity index (χ0) is 19.9. The van der Waals surface area contributed by atoms with Gasteiger partial charge >= 0.3 is 0 Å². The van der Waals surface area contributed by atoms with E-state index in [1.54, 1.807) is 31.3 Å². The number of carbonyl (C=O) groups is 2. The molecule has 0 aromatic heterocycles. The van der Waals surface area contributed by atoms with Gasteiger partial charge in [0.2, 0.25) is 0 Å². The zero-order valence-electron chi connectivity index (χ0n) is 15.2. The highest BCUT2D eigenvalue weighted by Gasteiger charge is 2.15. The largest absolute Gasteiger partial charge is 0.384 e. The Kier molecular flexibility index (Phi) is 7.09. The van der Waals surface area contributed by atoms with Gasteiger partial charge in [-0.05, 0) is 42.0 Å². The third kappa shape index (κ3) is 5.63. The molecular weight excluding hydrogens is 368 g/mol. The Labute approximate surface area is 158 Å². The number of benzene rings is 2. The molecule has 2 N–H and O–H groups in total. The van der Waals surface area contributed by atoms with Crippen LogP contribution in [-0.4, -0.2) is 46.7 Å². The Hall–Kier alpha value is -2.71. The van der Waals surface area contributed by atoms with Crippen LogP contribution in [0.1, 0.15) is 26.3 Å². The van der Waals surface area contributed by atoms with Crippen molar-refractivity contribution in [1.82, 2.24) is 10.6 Å². The van der Waals surface area contributed by atoms with Crippen molar-refractivity contribution in [2.45, 2.75) is 11.4 Å². The maximum absolute atomic E-state index is 12.3. The van der Waals surface area contributed by atoms with Crippen LogP contribution in [0.2, 0.25) is 0 Å². The number of sulfone groups is 1. The smallest absolute Gasteiger partial charge is 0.251 e. The molecule has 0 aliphatic carbocycles. The monoisotopic (exact) mass is 390 g/mol. The Morgan fingerprint density at radius 2 is 1.70 bits per heavy atom. The van der Waals surface area contributed by atoms with Crippen LogP contribution in [0.5, 0.6) is 0 Å². The molecule has 7 nitrogen and oxygen atoms in total. The predicted octanol–water partition coefficient (Wildman–Crippen LogP) is 1.40. The number of methoxy groups -OCH3 is 1. The van der Waals surface area contributed by atoms with E-state index in [2.05, 4.69) is 10.6 Å². The lowest BCUT2D eigenvalue weighted by Gasteiger charge is -2.08. The number of hydrogen-bond acceptors (Lipinski definition) is 5. The number of rotatable bonds is 8. The first-order valence-corrected chi connectivity index (χ1v) is 9.93. The van der Waals surface area contributed by atoms with Crippen LogP contribution in [0, 0.1) is 0 Å². The average molecular weight is 390 g/mol. The van der Waals surface area contributed by atoms with Crippen molar-refractivity contribution in [3.63, 3.8) is 0 Å². The van der Waals surface area contributed by atoms with Crippen LogP contribution in [0.4, 0.5) is 0 Å². The normalized spacial score (nSPS) is 11.0. The molecule has 0 atom stereocenters. The summed E-state index contributed by atoms with van der Waals surface area (Å²) in [5, 5.41) is 5.30. The number of hydrogen-bond donors (Lipinski definition) is 2. The first-order chi connectivity index (χ1) is 12.9. The van der Waals surface area contributed by atoms with Gasteiger partial charge in [-0.3, -0.25) is 9.59 Å². The van der Waals surface area contributed by atoms with Crippen LogP contribution in [0.25, 0.3) is 0 Å². The van der Waals surface area contributed by atoms with Gasteiger partial charge in [-0.2, -0.15) is 0 Å². The van der Waals surface area contributed by atoms with Gasteiger partial charge in [-0.25, -0.2) is 8.42 Å². The Morgan fingerprint density at radius 3 is 2.33 bits per heavy atom. The van der Waals surface area contributed by atoms with Gasteiger partial charge in [-0.1, -0.05) is 12.1 Å². The molecule has 2 aromatic carbocycles. The molecule has 0 fully saturated rings. The molecule has 2 amide bonds. The molecule has 0 aliphatic rings. The van der Waals surface area contributed by atoms with Crippen LogP contribution < -0.4 is 10.6 Å². The molecule has 0 saturated carbocycles. The molecule has 0 radical (unpaired) electrons. The third-order valence-corrected chi connectivity index (χ3v) is 5.60. The standard InChI is InChI=1S/C19H22N2O5S/c1-20-18(22)16-5-3-4-14(12-16)13-21-19(23)15-6-8-17(9-7-15)27(24,25)11-10-26-2/h3-9,12H,10-11,13H2,1-2H3,(H,20,22)(H,21,23). The van der Waals surface area contributed by atoms with Gasteiger partial charge in [0.05, 0.1) is 17.3 Å². The van der Waals surface area contributed by atoms with E-state index in [9.17, 15) is 18.0 Å². The molecule has 0 bridgehead atoms. The average Bonchev–Trinajstić information content (AvgIpc) is 2.70. The fourth-order valence-corrected chi connectivity index (χ4v) is 3.55. The molecular formula is C19H22N2O5S. The van der Waals surface area contributed by atoms with Crippen LogP contribution in [0.15, 0.2) is 53.4 Å². The lowest BCUT2D eigenvalue weighted by molar-refractivity contribution is 0.0948. The van der Waals surface area contributed by atoms with E-state index in [0.717, 1.165) is 5.56 Å². The number of nitrogens with one attached hydrogen (secondary N) is 2. The summed E-state index contributed by atoms with van der Waals surface area (Å²) in [6, 6.07) is 12.7. The minimum Gasteiger partial charge on any atom is -0.384 e. The number of amides is 2. The molecule has 0 spiro atoms. The third-order valence-electron chi connectivity index (χ3n) is 3.90. The second-order valence-electron chi connectivity index (χ2n) is 5.80. The van der Waals surface area contributed by atoms with Crippen molar-refractivity contribution < 1.29 is 22.7 Å². The minimum atomic E-state index is -3.43. The van der Waals surface area contributed by atoms with Gasteiger partial charge in [0.15, 0.2) is 9.84 Å². The van der Waals surface area contributed by atoms with E-state index in [4.69, 9.17) is 4.74 Å². The van der Waals surface area contributed by atoms with Crippen LogP contribution >= 0.6 is 0 Å². The van der Waals surface area contributed by atoms with Crippen molar-refractivity contribution in [2.75, 3.05) is 26.5 Å². The molecule has 144 valence electrons. The molecule has 2 aromatic rings. The van der Waals surface area contributed by atoms with E-state index < -0.39 is 9.84 Å². The van der Waals surface area contributed by atoms with E-state index in [1.165, 1.54) is 31.4 Å². The topological polar surface area (TPSA) is 102 Å². The van der Waals surface area contributed by atoms with E-state index in [0.29, 0.717) is 11.1 Å². The van der Waals surface area contributed by atoms with Crippen molar-refractivity contribution in [2.24, 2.45) is 0 Å². The van der Waals surface area contributed by atoms with Gasteiger partial charge in [0.1, 0.15) is 0 Å². The first kappa shape index (κ1) is 20.6. The fraction of sp³-hybridized carbons (Fsp3) is 0.263. The van der Waals surface area contributed by atoms with Gasteiger partial charge in [0, 0.05) is 31.8 Å². The quantitative estimate of drug-likeness (QED) is 0.709. The summed E-state index contributed by atoms with van der Waals surface area (Å²) in [6.07, 6.45) is 0. The lowest BCUT2D eigenvalue weighted by atomic mass is 10.1. The second-order valence-corrected chi connectivity index (χ2v) is 7.91. The number of carbonyl (C=O) groups excluding carboxylic acids is 2. The molecule has 27 heavy (non-hydrogen) atoms. The summed E-state index contributed by atoms with van der Waals surface area (Å²) in [5.74, 6) is -0.647. The Balaban J connectivity index is 2.01.